The van der Waals surface area contributed by atoms with Crippen LogP contribution >= 0.6 is 0 Å². The summed E-state index contributed by atoms with van der Waals surface area (Å²) in [5.41, 5.74) is 1.03. The highest BCUT2D eigenvalue weighted by molar-refractivity contribution is 7.90. The molecule has 1 aliphatic rings. The molecule has 3 rings (SSSR count). The topological polar surface area (TPSA) is 69.7 Å². The van der Waals surface area contributed by atoms with Crippen molar-refractivity contribution in [1.29, 1.82) is 0 Å². The Labute approximate surface area is 165 Å². The smallest absolute Gasteiger partial charge is 0.210 e. The van der Waals surface area contributed by atoms with Gasteiger partial charge in [-0.2, -0.15) is 0 Å². The van der Waals surface area contributed by atoms with Crippen molar-refractivity contribution < 1.29 is 22.7 Å². The minimum absolute atomic E-state index is 0.0511. The minimum Gasteiger partial charge on any atom is -0.497 e. The molecule has 0 atom stereocenters. The second-order valence-corrected chi connectivity index (χ2v) is 8.88. The third-order valence-corrected chi connectivity index (χ3v) is 6.36. The highest BCUT2D eigenvalue weighted by Crippen LogP contribution is 2.44. The predicted octanol–water partition coefficient (Wildman–Crippen LogP) is 4.13. The molecule has 0 saturated heterocycles. The first kappa shape index (κ1) is 20.1. The molecule has 0 saturated carbocycles. The molecule has 0 unspecified atom stereocenters. The van der Waals surface area contributed by atoms with Gasteiger partial charge in [0.1, 0.15) is 11.5 Å². The normalized spacial score (nSPS) is 16.2. The van der Waals surface area contributed by atoms with Gasteiger partial charge in [0, 0.05) is 11.8 Å². The number of benzene rings is 2. The molecule has 1 aliphatic heterocycles. The monoisotopic (exact) mass is 400 g/mol. The third-order valence-electron chi connectivity index (χ3n) is 5.23. The van der Waals surface area contributed by atoms with Crippen LogP contribution in [0.3, 0.4) is 0 Å². The van der Waals surface area contributed by atoms with Crippen molar-refractivity contribution >= 4 is 27.0 Å². The number of sulfone groups is 1. The average molecular weight is 400 g/mol. The molecule has 0 aliphatic carbocycles. The maximum absolute atomic E-state index is 13.3. The van der Waals surface area contributed by atoms with Crippen LogP contribution in [0.15, 0.2) is 53.4 Å². The highest BCUT2D eigenvalue weighted by atomic mass is 32.2. The minimum atomic E-state index is -3.30. The lowest BCUT2D eigenvalue weighted by Gasteiger charge is -2.25. The van der Waals surface area contributed by atoms with Crippen LogP contribution in [0, 0.1) is 0 Å². The van der Waals surface area contributed by atoms with Gasteiger partial charge in [-0.3, -0.25) is 4.79 Å². The highest BCUT2D eigenvalue weighted by Gasteiger charge is 2.47. The second kappa shape index (κ2) is 7.43. The van der Waals surface area contributed by atoms with Crippen molar-refractivity contribution in [1.82, 2.24) is 0 Å². The van der Waals surface area contributed by atoms with E-state index in [-0.39, 0.29) is 10.7 Å². The molecule has 0 fully saturated rings. The number of ether oxygens (including phenoxy) is 2. The summed E-state index contributed by atoms with van der Waals surface area (Å²) in [5, 5.41) is 0. The molecule has 28 heavy (non-hydrogen) atoms. The fraction of sp³-hybridized carbons (Fsp3) is 0.318. The van der Waals surface area contributed by atoms with E-state index < -0.39 is 15.4 Å². The summed E-state index contributed by atoms with van der Waals surface area (Å²) in [7, 11) is -1.71. The number of hydrogen-bond acceptors (Lipinski definition) is 5. The van der Waals surface area contributed by atoms with Crippen LogP contribution in [0.1, 0.15) is 37.8 Å². The Hall–Kier alpha value is -2.60. The van der Waals surface area contributed by atoms with Gasteiger partial charge < -0.3 is 9.47 Å². The van der Waals surface area contributed by atoms with E-state index >= 15 is 0 Å². The van der Waals surface area contributed by atoms with Gasteiger partial charge in [-0.05, 0) is 54.8 Å². The molecule has 6 heteroatoms. The van der Waals surface area contributed by atoms with Crippen LogP contribution in [0.5, 0.6) is 5.75 Å². The number of carbonyl (C=O) groups is 1. The Morgan fingerprint density at radius 3 is 1.93 bits per heavy atom. The number of methoxy groups -OCH3 is 1. The van der Waals surface area contributed by atoms with Crippen LogP contribution in [0.2, 0.25) is 0 Å². The van der Waals surface area contributed by atoms with E-state index in [9.17, 15) is 13.2 Å². The van der Waals surface area contributed by atoms with Crippen LogP contribution < -0.4 is 4.74 Å². The molecule has 0 N–H and O–H groups in total. The van der Waals surface area contributed by atoms with Crippen molar-refractivity contribution in [2.75, 3.05) is 13.4 Å². The lowest BCUT2D eigenvalue weighted by Crippen LogP contribution is -2.35. The van der Waals surface area contributed by atoms with Gasteiger partial charge in [0.2, 0.25) is 5.78 Å². The molecular formula is C22H24O5S. The molecule has 1 heterocycles. The molecule has 2 aromatic rings. The molecule has 2 aromatic carbocycles. The maximum Gasteiger partial charge on any atom is 0.210 e. The summed E-state index contributed by atoms with van der Waals surface area (Å²) in [4.78, 5) is 13.6. The molecule has 0 spiro atoms. The summed E-state index contributed by atoms with van der Waals surface area (Å²) < 4.78 is 35.0. The van der Waals surface area contributed by atoms with E-state index in [1.807, 2.05) is 26.0 Å². The predicted molar refractivity (Wildman–Crippen MR) is 109 cm³/mol. The van der Waals surface area contributed by atoms with Gasteiger partial charge in [-0.1, -0.05) is 26.0 Å². The SMILES string of the molecule is CCC1(CC)OC(c2ccc(S(C)(=O)=O)cc2)=C(c2ccc(OC)cc2)C1=O. The zero-order valence-electron chi connectivity index (χ0n) is 16.5. The summed E-state index contributed by atoms with van der Waals surface area (Å²) in [5.74, 6) is 1.13. The van der Waals surface area contributed by atoms with Crippen LogP contribution in [-0.4, -0.2) is 33.2 Å². The summed E-state index contributed by atoms with van der Waals surface area (Å²) in [6.07, 6.45) is 2.26. The van der Waals surface area contributed by atoms with Gasteiger partial charge in [-0.15, -0.1) is 0 Å². The van der Waals surface area contributed by atoms with E-state index in [0.29, 0.717) is 35.5 Å². The Kier molecular flexibility index (Phi) is 5.35. The van der Waals surface area contributed by atoms with Gasteiger partial charge in [0.05, 0.1) is 17.6 Å². The van der Waals surface area contributed by atoms with Crippen molar-refractivity contribution in [2.24, 2.45) is 0 Å². The lowest BCUT2D eigenvalue weighted by atomic mass is 9.86. The Morgan fingerprint density at radius 1 is 0.929 bits per heavy atom. The van der Waals surface area contributed by atoms with Crippen LogP contribution in [0.4, 0.5) is 0 Å². The Bertz CT molecular complexity index is 1010. The van der Waals surface area contributed by atoms with Gasteiger partial charge in [0.25, 0.3) is 0 Å². The zero-order valence-corrected chi connectivity index (χ0v) is 17.3. The largest absolute Gasteiger partial charge is 0.497 e. The van der Waals surface area contributed by atoms with Crippen molar-refractivity contribution in [3.05, 3.63) is 59.7 Å². The Balaban J connectivity index is 2.16. The van der Waals surface area contributed by atoms with Crippen LogP contribution in [-0.2, 0) is 19.4 Å². The molecule has 5 nitrogen and oxygen atoms in total. The van der Waals surface area contributed by atoms with Gasteiger partial charge in [0.15, 0.2) is 15.4 Å². The van der Waals surface area contributed by atoms with Gasteiger partial charge in [-0.25, -0.2) is 8.42 Å². The number of Topliss-reactive ketones (excluding diaryl/α,β-unsaturated/α-hetero) is 1. The first-order valence-electron chi connectivity index (χ1n) is 9.18. The number of rotatable bonds is 6. The second-order valence-electron chi connectivity index (χ2n) is 6.86. The third kappa shape index (κ3) is 3.44. The maximum atomic E-state index is 13.3. The number of ketones is 1. The molecule has 148 valence electrons. The summed E-state index contributed by atoms with van der Waals surface area (Å²) in [6.45, 7) is 3.87. The van der Waals surface area contributed by atoms with E-state index in [2.05, 4.69) is 0 Å². The first-order valence-corrected chi connectivity index (χ1v) is 11.1. The number of hydrogen-bond donors (Lipinski definition) is 0. The van der Waals surface area contributed by atoms with E-state index in [1.165, 1.54) is 18.4 Å². The summed E-state index contributed by atoms with van der Waals surface area (Å²) >= 11 is 0. The molecule has 0 amide bonds. The fourth-order valence-corrected chi connectivity index (χ4v) is 4.05. The van der Waals surface area contributed by atoms with Crippen molar-refractivity contribution in [2.45, 2.75) is 37.2 Å². The van der Waals surface area contributed by atoms with Crippen molar-refractivity contribution in [3.63, 3.8) is 0 Å². The zero-order chi connectivity index (χ0) is 20.5. The summed E-state index contributed by atoms with van der Waals surface area (Å²) in [6, 6.07) is 13.7. The first-order chi connectivity index (χ1) is 13.3. The molecule has 0 bridgehead atoms. The molecular weight excluding hydrogens is 376 g/mol. The van der Waals surface area contributed by atoms with E-state index in [4.69, 9.17) is 9.47 Å². The quantitative estimate of drug-likeness (QED) is 0.729. The molecule has 0 aromatic heterocycles. The lowest BCUT2D eigenvalue weighted by molar-refractivity contribution is -0.128. The van der Waals surface area contributed by atoms with E-state index in [0.717, 1.165) is 5.56 Å². The molecule has 0 radical (unpaired) electrons. The van der Waals surface area contributed by atoms with Gasteiger partial charge >= 0.3 is 0 Å². The average Bonchev–Trinajstić information content (AvgIpc) is 3.00. The van der Waals surface area contributed by atoms with Crippen LogP contribution in [0.25, 0.3) is 11.3 Å². The van der Waals surface area contributed by atoms with Crippen molar-refractivity contribution in [3.8, 4) is 5.75 Å². The fourth-order valence-electron chi connectivity index (χ4n) is 3.42. The van der Waals surface area contributed by atoms with E-state index in [1.54, 1.807) is 31.4 Å². The standard InChI is InChI=1S/C22H24O5S/c1-5-22(6-2)21(23)19(15-7-11-17(26-3)12-8-15)20(27-22)16-9-13-18(14-10-16)28(4,24)25/h7-14H,5-6H2,1-4H3. The number of carbonyl (C=O) groups excluding carboxylic acids is 1. The Morgan fingerprint density at radius 2 is 1.46 bits per heavy atom.